The fourth-order valence-corrected chi connectivity index (χ4v) is 3.59. The van der Waals surface area contributed by atoms with Gasteiger partial charge in [-0.1, -0.05) is 26.2 Å². The Hall–Kier alpha value is -0.0800. The van der Waals surface area contributed by atoms with E-state index in [-0.39, 0.29) is 0 Å². The average molecular weight is 255 g/mol. The fourth-order valence-electron chi connectivity index (χ4n) is 3.59. The van der Waals surface area contributed by atoms with Gasteiger partial charge in [0.2, 0.25) is 0 Å². The molecule has 2 heteroatoms. The van der Waals surface area contributed by atoms with E-state index in [0.717, 1.165) is 12.5 Å². The number of hydrogen-bond donors (Lipinski definition) is 1. The third kappa shape index (κ3) is 4.89. The lowest BCUT2D eigenvalue weighted by atomic mass is 9.67. The molecule has 1 N–H and O–H groups in total. The van der Waals surface area contributed by atoms with Gasteiger partial charge in [0.15, 0.2) is 0 Å². The van der Waals surface area contributed by atoms with Crippen LogP contribution in [0.3, 0.4) is 0 Å². The van der Waals surface area contributed by atoms with E-state index < -0.39 is 0 Å². The summed E-state index contributed by atoms with van der Waals surface area (Å²) in [6.45, 7) is 5.66. The van der Waals surface area contributed by atoms with Crippen LogP contribution < -0.4 is 5.32 Å². The predicted octanol–water partition coefficient (Wildman–Crippen LogP) is 4.00. The summed E-state index contributed by atoms with van der Waals surface area (Å²) in [6, 6.07) is 0. The van der Waals surface area contributed by atoms with Crippen molar-refractivity contribution in [3.05, 3.63) is 0 Å². The van der Waals surface area contributed by atoms with Crippen LogP contribution in [0.25, 0.3) is 0 Å². The monoisotopic (exact) mass is 255 g/mol. The van der Waals surface area contributed by atoms with Crippen LogP contribution in [0.2, 0.25) is 0 Å². The molecule has 1 fully saturated rings. The van der Waals surface area contributed by atoms with E-state index in [1.165, 1.54) is 51.4 Å². The van der Waals surface area contributed by atoms with E-state index in [1.54, 1.807) is 0 Å². The van der Waals surface area contributed by atoms with Crippen LogP contribution in [0.5, 0.6) is 0 Å². The van der Waals surface area contributed by atoms with Crippen LogP contribution in [0.15, 0.2) is 0 Å². The molecule has 1 aliphatic rings. The summed E-state index contributed by atoms with van der Waals surface area (Å²) in [7, 11) is 3.92. The van der Waals surface area contributed by atoms with Crippen molar-refractivity contribution in [2.75, 3.05) is 20.7 Å². The maximum absolute atomic E-state index is 5.49. The Morgan fingerprint density at radius 1 is 1.33 bits per heavy atom. The molecular weight excluding hydrogens is 222 g/mol. The van der Waals surface area contributed by atoms with E-state index in [0.29, 0.717) is 11.5 Å². The van der Waals surface area contributed by atoms with Crippen molar-refractivity contribution >= 4 is 0 Å². The quantitative estimate of drug-likeness (QED) is 0.708. The maximum atomic E-state index is 5.49. The van der Waals surface area contributed by atoms with Gasteiger partial charge in [0.25, 0.3) is 0 Å². The van der Waals surface area contributed by atoms with Gasteiger partial charge in [-0.3, -0.25) is 0 Å². The molecule has 0 aromatic carbocycles. The molecule has 0 aromatic heterocycles. The van der Waals surface area contributed by atoms with E-state index >= 15 is 0 Å². The van der Waals surface area contributed by atoms with Crippen molar-refractivity contribution in [2.45, 2.75) is 71.3 Å². The maximum Gasteiger partial charge on any atom is 0.0549 e. The highest BCUT2D eigenvalue weighted by atomic mass is 16.5. The van der Waals surface area contributed by atoms with Gasteiger partial charge < -0.3 is 10.1 Å². The fraction of sp³-hybridized carbons (Fsp3) is 1.00. The normalized spacial score (nSPS) is 30.3. The molecule has 0 saturated heterocycles. The number of hydrogen-bond acceptors (Lipinski definition) is 2. The molecule has 0 spiro atoms. The van der Waals surface area contributed by atoms with Gasteiger partial charge in [-0.05, 0) is 57.4 Å². The lowest BCUT2D eigenvalue weighted by Gasteiger charge is -2.41. The second-order valence-corrected chi connectivity index (χ2v) is 6.37. The minimum absolute atomic E-state index is 0.394. The lowest BCUT2D eigenvalue weighted by molar-refractivity contribution is 0.0362. The average Bonchev–Trinajstić information content (AvgIpc) is 2.38. The lowest BCUT2D eigenvalue weighted by Crippen LogP contribution is -2.39. The minimum atomic E-state index is 0.394. The van der Waals surface area contributed by atoms with Crippen molar-refractivity contribution in [3.63, 3.8) is 0 Å². The van der Waals surface area contributed by atoms with Gasteiger partial charge in [-0.2, -0.15) is 0 Å². The third-order valence-corrected chi connectivity index (χ3v) is 4.81. The Kier molecular flexibility index (Phi) is 7.25. The molecule has 18 heavy (non-hydrogen) atoms. The summed E-state index contributed by atoms with van der Waals surface area (Å²) in [5.74, 6) is 0.993. The number of nitrogens with one attached hydrogen (secondary N) is 1. The van der Waals surface area contributed by atoms with Crippen molar-refractivity contribution in [3.8, 4) is 0 Å². The molecule has 1 saturated carbocycles. The first kappa shape index (κ1) is 16.0. The van der Waals surface area contributed by atoms with E-state index in [9.17, 15) is 0 Å². The molecule has 1 rings (SSSR count). The highest BCUT2D eigenvalue weighted by Crippen LogP contribution is 2.43. The van der Waals surface area contributed by atoms with E-state index in [1.807, 2.05) is 7.11 Å². The molecule has 2 nitrogen and oxygen atoms in total. The molecule has 1 atom stereocenters. The summed E-state index contributed by atoms with van der Waals surface area (Å²) in [5, 5.41) is 3.41. The summed E-state index contributed by atoms with van der Waals surface area (Å²) >= 11 is 0. The molecule has 0 radical (unpaired) electrons. The first-order valence-corrected chi connectivity index (χ1v) is 7.83. The molecule has 0 bridgehead atoms. The zero-order chi connectivity index (χ0) is 13.4. The Morgan fingerprint density at radius 3 is 2.50 bits per heavy atom. The number of methoxy groups -OCH3 is 1. The van der Waals surface area contributed by atoms with Crippen molar-refractivity contribution in [1.29, 1.82) is 0 Å². The smallest absolute Gasteiger partial charge is 0.0549 e. The number of ether oxygens (including phenoxy) is 1. The van der Waals surface area contributed by atoms with Crippen molar-refractivity contribution in [2.24, 2.45) is 11.3 Å². The second kappa shape index (κ2) is 8.16. The number of rotatable bonds is 8. The molecular formula is C16H33NO. The minimum Gasteiger partial charge on any atom is -0.382 e. The molecule has 0 aromatic rings. The van der Waals surface area contributed by atoms with Gasteiger partial charge in [-0.25, -0.2) is 0 Å². The SMILES string of the molecule is CCCCC1CCC(CNC)(CC(C)OC)CC1. The second-order valence-electron chi connectivity index (χ2n) is 6.37. The van der Waals surface area contributed by atoms with Crippen LogP contribution in [0, 0.1) is 11.3 Å². The van der Waals surface area contributed by atoms with E-state index in [2.05, 4.69) is 26.2 Å². The third-order valence-electron chi connectivity index (χ3n) is 4.81. The van der Waals surface area contributed by atoms with Gasteiger partial charge in [0.05, 0.1) is 6.10 Å². The highest BCUT2D eigenvalue weighted by molar-refractivity contribution is 4.88. The van der Waals surface area contributed by atoms with Gasteiger partial charge >= 0.3 is 0 Å². The summed E-state index contributed by atoms with van der Waals surface area (Å²) in [5.41, 5.74) is 0.493. The number of unbranched alkanes of at least 4 members (excludes halogenated alkanes) is 1. The molecule has 0 amide bonds. The van der Waals surface area contributed by atoms with Gasteiger partial charge in [0, 0.05) is 13.7 Å². The predicted molar refractivity (Wildman–Crippen MR) is 78.9 cm³/mol. The van der Waals surface area contributed by atoms with Gasteiger partial charge in [-0.15, -0.1) is 0 Å². The van der Waals surface area contributed by atoms with Crippen molar-refractivity contribution in [1.82, 2.24) is 5.32 Å². The zero-order valence-corrected chi connectivity index (χ0v) is 12.9. The summed E-state index contributed by atoms with van der Waals surface area (Å²) in [6.07, 6.45) is 11.4. The zero-order valence-electron chi connectivity index (χ0n) is 12.9. The first-order chi connectivity index (χ1) is 8.65. The summed E-state index contributed by atoms with van der Waals surface area (Å²) < 4.78 is 5.49. The molecule has 108 valence electrons. The van der Waals surface area contributed by atoms with Gasteiger partial charge in [0.1, 0.15) is 0 Å². The molecule has 0 aliphatic heterocycles. The standard InChI is InChI=1S/C16H33NO/c1-5-6-7-15-8-10-16(11-9-15,13-17-3)12-14(2)18-4/h14-15,17H,5-13H2,1-4H3. The topological polar surface area (TPSA) is 21.3 Å². The van der Waals surface area contributed by atoms with Crippen LogP contribution in [-0.4, -0.2) is 26.8 Å². The van der Waals surface area contributed by atoms with Crippen LogP contribution in [-0.2, 0) is 4.74 Å². The van der Waals surface area contributed by atoms with E-state index in [4.69, 9.17) is 4.74 Å². The Labute approximate surface area is 114 Å². The first-order valence-electron chi connectivity index (χ1n) is 7.83. The Bertz CT molecular complexity index is 209. The van der Waals surface area contributed by atoms with Crippen molar-refractivity contribution < 1.29 is 4.74 Å². The Balaban J connectivity index is 2.45. The summed E-state index contributed by atoms with van der Waals surface area (Å²) in [4.78, 5) is 0. The van der Waals surface area contributed by atoms with Crippen LogP contribution in [0.1, 0.15) is 65.2 Å². The largest absolute Gasteiger partial charge is 0.382 e. The molecule has 1 unspecified atom stereocenters. The molecule has 1 aliphatic carbocycles. The molecule has 0 heterocycles. The van der Waals surface area contributed by atoms with Crippen LogP contribution in [0.4, 0.5) is 0 Å². The van der Waals surface area contributed by atoms with Crippen LogP contribution >= 0.6 is 0 Å². The Morgan fingerprint density at radius 2 is 2.00 bits per heavy atom. The highest BCUT2D eigenvalue weighted by Gasteiger charge is 2.35.